The molecule has 0 aliphatic rings. The zero-order valence-corrected chi connectivity index (χ0v) is 19.6. The molecule has 2 aromatic heterocycles. The lowest BCUT2D eigenvalue weighted by molar-refractivity contribution is -0.115. The number of aromatic nitrogens is 3. The van der Waals surface area contributed by atoms with Gasteiger partial charge < -0.3 is 10.1 Å². The first-order valence-electron chi connectivity index (χ1n) is 10.3. The van der Waals surface area contributed by atoms with Gasteiger partial charge in [-0.3, -0.25) is 9.48 Å². The maximum Gasteiger partial charge on any atom is 0.343 e. The number of benzene rings is 1. The van der Waals surface area contributed by atoms with E-state index >= 15 is 0 Å². The van der Waals surface area contributed by atoms with Crippen molar-refractivity contribution in [3.05, 3.63) is 46.6 Å². The lowest BCUT2D eigenvalue weighted by Crippen LogP contribution is -2.27. The summed E-state index contributed by atoms with van der Waals surface area (Å²) >= 11 is 1.42. The number of nitrogens with one attached hydrogen (secondary N) is 1. The number of carbonyl (C=O) groups is 2. The SMILES string of the molecule is CCOC(=O)c1cnn(C)c1NC(=O)C(CC)Sc1cc(C)c2cc(C)cc(C)c2n1. The molecule has 7 nitrogen and oxygen atoms in total. The molecule has 0 fully saturated rings. The summed E-state index contributed by atoms with van der Waals surface area (Å²) < 4.78 is 6.52. The monoisotopic (exact) mass is 440 g/mol. The van der Waals surface area contributed by atoms with Crippen molar-refractivity contribution in [2.45, 2.75) is 51.3 Å². The van der Waals surface area contributed by atoms with E-state index in [9.17, 15) is 9.59 Å². The van der Waals surface area contributed by atoms with E-state index in [0.29, 0.717) is 12.2 Å². The van der Waals surface area contributed by atoms with E-state index in [4.69, 9.17) is 9.72 Å². The number of pyridine rings is 1. The minimum Gasteiger partial charge on any atom is -0.462 e. The number of carbonyl (C=O) groups excluding carboxylic acids is 2. The first-order valence-corrected chi connectivity index (χ1v) is 11.2. The summed E-state index contributed by atoms with van der Waals surface area (Å²) in [6, 6.07) is 6.28. The van der Waals surface area contributed by atoms with Crippen LogP contribution in [-0.2, 0) is 16.6 Å². The fourth-order valence-corrected chi connectivity index (χ4v) is 4.50. The second-order valence-electron chi connectivity index (χ2n) is 7.51. The Balaban J connectivity index is 1.85. The average molecular weight is 441 g/mol. The fourth-order valence-electron chi connectivity index (χ4n) is 3.48. The number of esters is 1. The number of fused-ring (bicyclic) bond motifs is 1. The van der Waals surface area contributed by atoms with Gasteiger partial charge in [-0.2, -0.15) is 5.10 Å². The van der Waals surface area contributed by atoms with Crippen LogP contribution in [0.15, 0.2) is 29.4 Å². The number of hydrogen-bond acceptors (Lipinski definition) is 6. The van der Waals surface area contributed by atoms with Crippen molar-refractivity contribution in [3.8, 4) is 0 Å². The van der Waals surface area contributed by atoms with Crippen LogP contribution in [0.5, 0.6) is 0 Å². The predicted molar refractivity (Wildman–Crippen MR) is 124 cm³/mol. The highest BCUT2D eigenvalue weighted by atomic mass is 32.2. The van der Waals surface area contributed by atoms with Gasteiger partial charge in [-0.15, -0.1) is 0 Å². The lowest BCUT2D eigenvalue weighted by atomic mass is 10.0. The van der Waals surface area contributed by atoms with Crippen molar-refractivity contribution in [3.63, 3.8) is 0 Å². The van der Waals surface area contributed by atoms with E-state index in [1.165, 1.54) is 28.2 Å². The summed E-state index contributed by atoms with van der Waals surface area (Å²) in [5, 5.41) is 8.50. The normalized spacial score (nSPS) is 12.1. The van der Waals surface area contributed by atoms with Gasteiger partial charge in [0.2, 0.25) is 5.91 Å². The molecule has 0 spiro atoms. The zero-order valence-electron chi connectivity index (χ0n) is 18.8. The van der Waals surface area contributed by atoms with Gasteiger partial charge >= 0.3 is 5.97 Å². The summed E-state index contributed by atoms with van der Waals surface area (Å²) in [5.74, 6) is -0.387. The first kappa shape index (κ1) is 22.8. The second kappa shape index (κ2) is 9.51. The Bertz CT molecular complexity index is 1140. The average Bonchev–Trinajstić information content (AvgIpc) is 3.07. The van der Waals surface area contributed by atoms with Crippen LogP contribution in [0.25, 0.3) is 10.9 Å². The highest BCUT2D eigenvalue weighted by Crippen LogP contribution is 2.31. The van der Waals surface area contributed by atoms with E-state index < -0.39 is 5.97 Å². The summed E-state index contributed by atoms with van der Waals surface area (Å²) in [4.78, 5) is 30.0. The van der Waals surface area contributed by atoms with Gasteiger partial charge in [0.15, 0.2) is 0 Å². The second-order valence-corrected chi connectivity index (χ2v) is 8.73. The molecule has 1 amide bonds. The minimum atomic E-state index is -0.510. The van der Waals surface area contributed by atoms with E-state index in [-0.39, 0.29) is 23.3 Å². The summed E-state index contributed by atoms with van der Waals surface area (Å²) in [6.45, 7) is 10.1. The number of aryl methyl sites for hydroxylation is 4. The molecule has 3 aromatic rings. The van der Waals surface area contributed by atoms with Crippen molar-refractivity contribution in [1.82, 2.24) is 14.8 Å². The molecule has 3 rings (SSSR count). The van der Waals surface area contributed by atoms with Gasteiger partial charge in [0.05, 0.1) is 28.6 Å². The van der Waals surface area contributed by atoms with E-state index in [0.717, 1.165) is 27.1 Å². The smallest absolute Gasteiger partial charge is 0.343 e. The molecule has 8 heteroatoms. The van der Waals surface area contributed by atoms with Crippen molar-refractivity contribution in [2.24, 2.45) is 7.05 Å². The van der Waals surface area contributed by atoms with Crippen molar-refractivity contribution < 1.29 is 14.3 Å². The third kappa shape index (κ3) is 4.90. The molecule has 0 aliphatic heterocycles. The van der Waals surface area contributed by atoms with Crippen molar-refractivity contribution in [1.29, 1.82) is 0 Å². The molecule has 2 heterocycles. The van der Waals surface area contributed by atoms with Crippen LogP contribution in [-0.4, -0.2) is 38.5 Å². The van der Waals surface area contributed by atoms with Crippen LogP contribution in [0.4, 0.5) is 5.82 Å². The third-order valence-corrected chi connectivity index (χ3v) is 6.32. The van der Waals surface area contributed by atoms with Gasteiger partial charge in [-0.05, 0) is 57.4 Å². The van der Waals surface area contributed by atoms with E-state index in [1.54, 1.807) is 14.0 Å². The van der Waals surface area contributed by atoms with Crippen molar-refractivity contribution in [2.75, 3.05) is 11.9 Å². The van der Waals surface area contributed by atoms with E-state index in [2.05, 4.69) is 43.3 Å². The van der Waals surface area contributed by atoms with Crippen LogP contribution >= 0.6 is 11.8 Å². The Hall–Kier alpha value is -2.87. The Morgan fingerprint density at radius 1 is 1.16 bits per heavy atom. The molecular formula is C23H28N4O3S. The zero-order chi connectivity index (χ0) is 22.7. The third-order valence-electron chi connectivity index (χ3n) is 5.03. The number of amides is 1. The van der Waals surface area contributed by atoms with Gasteiger partial charge in [0, 0.05) is 12.4 Å². The quantitative estimate of drug-likeness (QED) is 0.427. The minimum absolute atomic E-state index is 0.207. The predicted octanol–water partition coefficient (Wildman–Crippen LogP) is 4.58. The van der Waals surface area contributed by atoms with Crippen LogP contribution in [0.2, 0.25) is 0 Å². The molecule has 1 aromatic carbocycles. The highest BCUT2D eigenvalue weighted by Gasteiger charge is 2.24. The number of thioether (sulfide) groups is 1. The summed E-state index contributed by atoms with van der Waals surface area (Å²) in [5.41, 5.74) is 4.65. The Kier molecular flexibility index (Phi) is 7.00. The summed E-state index contributed by atoms with van der Waals surface area (Å²) in [6.07, 6.45) is 2.01. The Labute approximate surface area is 186 Å². The molecule has 1 unspecified atom stereocenters. The maximum absolute atomic E-state index is 13.0. The van der Waals surface area contributed by atoms with Crippen LogP contribution in [0, 0.1) is 20.8 Å². The van der Waals surface area contributed by atoms with Crippen LogP contribution < -0.4 is 5.32 Å². The highest BCUT2D eigenvalue weighted by molar-refractivity contribution is 8.00. The maximum atomic E-state index is 13.0. The number of ether oxygens (including phenoxy) is 1. The number of nitrogens with zero attached hydrogens (tertiary/aromatic N) is 3. The molecule has 164 valence electrons. The topological polar surface area (TPSA) is 86.1 Å². The molecule has 1 atom stereocenters. The Morgan fingerprint density at radius 3 is 2.58 bits per heavy atom. The molecule has 0 saturated heterocycles. The number of anilines is 1. The standard InChI is InChI=1S/C23H28N4O3S/c1-7-18(22(28)26-21-17(12-24-27(21)6)23(29)30-8-2)31-19-11-14(4)16-10-13(3)9-15(5)20(16)25-19/h9-12,18H,7-8H2,1-6H3,(H,26,28). The van der Waals surface area contributed by atoms with Crippen LogP contribution in [0.3, 0.4) is 0 Å². The lowest BCUT2D eigenvalue weighted by Gasteiger charge is -2.16. The molecule has 0 bridgehead atoms. The van der Waals surface area contributed by atoms with Crippen LogP contribution in [0.1, 0.15) is 47.3 Å². The molecule has 0 saturated carbocycles. The molecule has 0 radical (unpaired) electrons. The largest absolute Gasteiger partial charge is 0.462 e. The molecule has 31 heavy (non-hydrogen) atoms. The van der Waals surface area contributed by atoms with Crippen molar-refractivity contribution >= 4 is 40.4 Å². The van der Waals surface area contributed by atoms with E-state index in [1.807, 2.05) is 13.0 Å². The number of hydrogen-bond donors (Lipinski definition) is 1. The first-order chi connectivity index (χ1) is 14.7. The molecular weight excluding hydrogens is 412 g/mol. The van der Waals surface area contributed by atoms with Gasteiger partial charge in [-0.25, -0.2) is 9.78 Å². The fraction of sp³-hybridized carbons (Fsp3) is 0.391. The molecule has 0 aliphatic carbocycles. The summed E-state index contributed by atoms with van der Waals surface area (Å²) in [7, 11) is 1.67. The van der Waals surface area contributed by atoms with Gasteiger partial charge in [0.25, 0.3) is 0 Å². The van der Waals surface area contributed by atoms with Gasteiger partial charge in [0.1, 0.15) is 11.4 Å². The molecule has 1 N–H and O–H groups in total. The van der Waals surface area contributed by atoms with Gasteiger partial charge in [-0.1, -0.05) is 30.3 Å². The Morgan fingerprint density at radius 2 is 1.90 bits per heavy atom. The number of rotatable bonds is 7.